The Hall–Kier alpha value is -2.99. The van der Waals surface area contributed by atoms with Gasteiger partial charge in [-0.05, 0) is 11.5 Å². The molecule has 0 unspecified atom stereocenters. The highest BCUT2D eigenvalue weighted by molar-refractivity contribution is 5.93. The average Bonchev–Trinajstić information content (AvgIpc) is 2.32. The molecule has 0 aromatic heterocycles. The lowest BCUT2D eigenvalue weighted by Gasteiger charge is -2.50. The molecule has 35 atom stereocenters. The molecule has 21 heterocycles. The Morgan fingerprint density at radius 3 is 0.805 bits per heavy atom. The number of aliphatic hydroxyl groups excluding tert-OH is 20. The number of nitrogens with zero attached hydrogens (tertiary/aromatic N) is 1. The number of benzene rings is 2. The Bertz CT molecular complexity index is 2530. The molecule has 0 saturated carbocycles. The van der Waals surface area contributed by atoms with Crippen molar-refractivity contribution in [3.05, 3.63) is 42.5 Å². The van der Waals surface area contributed by atoms with E-state index in [-0.39, 0.29) is 0 Å². The average molecular weight is 1260 g/mol. The SMILES string of the molecule is OC[C@H]1O[C@@H]2O[C@H]3[C@H](O)[C@@H](O)[C@@H](O[C@H]4[C@H](O)[C@@H](O)[C@@H](O[C@H]5[C@H](O)[C@@H](O)[C@@H](O[C@H]6[C@H](O)[C@@H](O)[C@@H](O[C@H]7[C@H](O)[C@@H](O)[C@@H](O[C@H]8[C@H](O)[C@@H](O)[C@@H](O[C@H]1[C@H](O)[C@H]2O)O[C@@H]8C=Nc1cccc2ccccc12)O[C@@H]7CO)O[C@@H]6CO)O[C@@H]5CO)O[C@@H]4CO)O[C@@H]3CO. The number of aliphatic imine (C=N–C) groups is 1. The Morgan fingerprint density at radius 2 is 0.517 bits per heavy atom. The second kappa shape index (κ2) is 28.5. The van der Waals surface area contributed by atoms with Gasteiger partial charge >= 0.3 is 0 Å². The fraction of sp³-hybridized carbons (Fsp3) is 0.788. The van der Waals surface area contributed by atoms with Gasteiger partial charge in [-0.1, -0.05) is 36.4 Å². The molecule has 2 aromatic rings. The van der Waals surface area contributed by atoms with Crippen LogP contribution in [0.2, 0.25) is 0 Å². The molecule has 21 saturated heterocycles. The van der Waals surface area contributed by atoms with Crippen LogP contribution in [0.1, 0.15) is 0 Å². The molecule has 35 nitrogen and oxygen atoms in total. The van der Waals surface area contributed by atoms with Crippen LogP contribution < -0.4 is 0 Å². The largest absolute Gasteiger partial charge is 0.394 e. The lowest BCUT2D eigenvalue weighted by Crippen LogP contribution is -2.68. The van der Waals surface area contributed by atoms with Crippen LogP contribution in [0.3, 0.4) is 0 Å². The number of ether oxygens (including phenoxy) is 14. The van der Waals surface area contributed by atoms with Crippen molar-refractivity contribution in [1.29, 1.82) is 0 Å². The van der Waals surface area contributed by atoms with Crippen LogP contribution >= 0.6 is 0 Å². The minimum atomic E-state index is -2.22. The van der Waals surface area contributed by atoms with Crippen LogP contribution in [0.25, 0.3) is 10.8 Å². The zero-order chi connectivity index (χ0) is 62.4. The van der Waals surface area contributed by atoms with Crippen molar-refractivity contribution in [3.8, 4) is 0 Å². The third-order valence-corrected chi connectivity index (χ3v) is 16.7. The zero-order valence-corrected chi connectivity index (χ0v) is 45.7. The molecule has 21 aliphatic rings. The van der Waals surface area contributed by atoms with Crippen molar-refractivity contribution < 1.29 is 168 Å². The highest BCUT2D eigenvalue weighted by Crippen LogP contribution is 2.39. The van der Waals surface area contributed by atoms with Gasteiger partial charge in [-0.3, -0.25) is 4.99 Å². The summed E-state index contributed by atoms with van der Waals surface area (Å²) in [7, 11) is 0. The predicted octanol–water partition coefficient (Wildman–Crippen LogP) is -11.7. The normalized spacial score (nSPS) is 50.5. The molecule has 35 heteroatoms. The van der Waals surface area contributed by atoms with E-state index in [1.165, 1.54) is 0 Å². The maximum Gasteiger partial charge on any atom is 0.187 e. The molecule has 2 aromatic carbocycles. The predicted molar refractivity (Wildman–Crippen MR) is 273 cm³/mol. The lowest BCUT2D eigenvalue weighted by atomic mass is 9.95. The third-order valence-electron chi connectivity index (χ3n) is 16.7. The molecule has 23 rings (SSSR count). The van der Waals surface area contributed by atoms with Gasteiger partial charge < -0.3 is 168 Å². The summed E-state index contributed by atoms with van der Waals surface area (Å²) in [4.78, 5) is 4.56. The summed E-state index contributed by atoms with van der Waals surface area (Å²) in [6.07, 6.45) is -69.3. The van der Waals surface area contributed by atoms with Crippen molar-refractivity contribution in [3.63, 3.8) is 0 Å². The summed E-state index contributed by atoms with van der Waals surface area (Å²) < 4.78 is 81.5. The number of hydrogen-bond donors (Lipinski definition) is 20. The van der Waals surface area contributed by atoms with E-state index in [1.54, 1.807) is 42.5 Å². The van der Waals surface area contributed by atoms with Crippen LogP contribution in [-0.4, -0.2) is 363 Å². The number of hydrogen-bond acceptors (Lipinski definition) is 35. The van der Waals surface area contributed by atoms with E-state index in [9.17, 15) is 102 Å². The molecule has 0 spiro atoms. The Kier molecular flexibility index (Phi) is 21.9. The lowest BCUT2D eigenvalue weighted by molar-refractivity contribution is -0.396. The van der Waals surface area contributed by atoms with Crippen LogP contribution in [-0.2, 0) is 66.3 Å². The molecule has 492 valence electrons. The molecule has 20 N–H and O–H groups in total. The molecule has 21 aliphatic heterocycles. The van der Waals surface area contributed by atoms with Gasteiger partial charge in [0.15, 0.2) is 44.0 Å². The fourth-order valence-electron chi connectivity index (χ4n) is 11.8. The van der Waals surface area contributed by atoms with E-state index >= 15 is 0 Å². The maximum absolute atomic E-state index is 11.9. The number of aliphatic hydroxyl groups is 20. The Labute approximate surface area is 492 Å². The van der Waals surface area contributed by atoms with Gasteiger partial charge in [0.05, 0.1) is 45.3 Å². The van der Waals surface area contributed by atoms with Gasteiger partial charge in [-0.25, -0.2) is 0 Å². The Morgan fingerprint density at radius 1 is 0.276 bits per heavy atom. The fourth-order valence-corrected chi connectivity index (χ4v) is 11.8. The minimum absolute atomic E-state index is 0.336. The van der Waals surface area contributed by atoms with Gasteiger partial charge in [0.2, 0.25) is 0 Å². The first-order chi connectivity index (χ1) is 41.7. The summed E-state index contributed by atoms with van der Waals surface area (Å²) in [5.41, 5.74) is 0.336. The second-order valence-electron chi connectivity index (χ2n) is 22.2. The Balaban J connectivity index is 0.964. The standard InChI is InChI=1S/C52H75NO34/c54-9-19-40-27(62)34(69)48(76-19)84-42-21(11-56)78-50(36(71)29(42)64)86-44-23(13-58)80-52(38(73)31(44)66)87-45-24(14-59)79-51(37(72)30(45)65)85-43-22(12-57)77-49(35(70)28(43)63)83-41-20(10-55)75-47(33(68)26(41)61)81-39-18(74-46(82-40)32(67)25(39)60)8-53-17-7-3-5-15-4-1-2-6-16(15)17/h1-8,18-52,54-73H,9-14H2/t18-,19-,20-,21-,22-,23-,24-,25-,26-,27-,28-,29-,30-,31-,32-,33-,34-,35-,36-,37-,38-,39-,40-,41-,42-,43-,44-,45-,46-,47-,48-,49-,50-,51-,52-/m1/s1. The topological polar surface area (TPSA) is 546 Å². The molecule has 0 amide bonds. The number of fused-ring (bicyclic) bond motifs is 1. The van der Waals surface area contributed by atoms with E-state index in [0.29, 0.717) is 11.1 Å². The summed E-state index contributed by atoms with van der Waals surface area (Å²) in [6, 6.07) is 12.2. The van der Waals surface area contributed by atoms with E-state index in [2.05, 4.69) is 4.99 Å². The highest BCUT2D eigenvalue weighted by atomic mass is 16.8. The molecular weight excluding hydrogens is 1180 g/mol. The summed E-state index contributed by atoms with van der Waals surface area (Å²) in [5.74, 6) is 0. The molecule has 21 fully saturated rings. The van der Waals surface area contributed by atoms with E-state index in [1.807, 2.05) is 0 Å². The summed E-state index contributed by atoms with van der Waals surface area (Å²) in [6.45, 7) is -6.28. The molecule has 87 heavy (non-hydrogen) atoms. The highest BCUT2D eigenvalue weighted by Gasteiger charge is 2.59. The van der Waals surface area contributed by atoms with Crippen LogP contribution in [0, 0.1) is 0 Å². The summed E-state index contributed by atoms with van der Waals surface area (Å²) in [5, 5.41) is 226. The molecular formula is C52H75NO34. The van der Waals surface area contributed by atoms with Gasteiger partial charge in [-0.15, -0.1) is 0 Å². The first-order valence-electron chi connectivity index (χ1n) is 28.0. The van der Waals surface area contributed by atoms with Gasteiger partial charge in [0.1, 0.15) is 171 Å². The zero-order valence-electron chi connectivity index (χ0n) is 45.7. The van der Waals surface area contributed by atoms with E-state index in [0.717, 1.165) is 11.6 Å². The summed E-state index contributed by atoms with van der Waals surface area (Å²) >= 11 is 0. The van der Waals surface area contributed by atoms with Gasteiger partial charge in [0.25, 0.3) is 0 Å². The van der Waals surface area contributed by atoms with Crippen LogP contribution in [0.15, 0.2) is 47.5 Å². The van der Waals surface area contributed by atoms with Crippen LogP contribution in [0.5, 0.6) is 0 Å². The quantitative estimate of drug-likeness (QED) is 0.109. The maximum atomic E-state index is 11.9. The van der Waals surface area contributed by atoms with Crippen LogP contribution in [0.4, 0.5) is 5.69 Å². The van der Waals surface area contributed by atoms with Crippen molar-refractivity contribution in [2.24, 2.45) is 4.99 Å². The minimum Gasteiger partial charge on any atom is -0.394 e. The molecule has 14 bridgehead atoms. The van der Waals surface area contributed by atoms with Crippen molar-refractivity contribution in [2.75, 3.05) is 39.6 Å². The van der Waals surface area contributed by atoms with E-state index in [4.69, 9.17) is 66.3 Å². The number of rotatable bonds is 8. The first kappa shape index (κ1) is 66.9. The van der Waals surface area contributed by atoms with Gasteiger partial charge in [-0.2, -0.15) is 0 Å². The van der Waals surface area contributed by atoms with Crippen molar-refractivity contribution in [2.45, 2.75) is 215 Å². The van der Waals surface area contributed by atoms with E-state index < -0.39 is 255 Å². The van der Waals surface area contributed by atoms with Crippen molar-refractivity contribution >= 4 is 22.7 Å². The smallest absolute Gasteiger partial charge is 0.187 e. The van der Waals surface area contributed by atoms with Gasteiger partial charge in [0, 0.05) is 11.6 Å². The molecule has 0 aliphatic carbocycles. The second-order valence-corrected chi connectivity index (χ2v) is 22.2. The third kappa shape index (κ3) is 13.2. The first-order valence-corrected chi connectivity index (χ1v) is 28.0. The van der Waals surface area contributed by atoms with Crippen molar-refractivity contribution in [1.82, 2.24) is 0 Å². The monoisotopic (exact) mass is 1260 g/mol. The molecule has 0 radical (unpaired) electrons.